The maximum Gasteiger partial charge on any atom is 0.337 e. The lowest BCUT2D eigenvalue weighted by Gasteiger charge is -2.25. The van der Waals surface area contributed by atoms with Crippen molar-refractivity contribution in [2.45, 2.75) is 39.3 Å². The number of likely N-dealkylation sites (tertiary alicyclic amines) is 1. The Morgan fingerprint density at radius 1 is 1.46 bits per heavy atom. The van der Waals surface area contributed by atoms with E-state index in [0.717, 1.165) is 13.0 Å². The van der Waals surface area contributed by atoms with Crippen LogP contribution >= 0.6 is 0 Å². The molecule has 1 aromatic heterocycles. The summed E-state index contributed by atoms with van der Waals surface area (Å²) in [6, 6.07) is 5.33. The zero-order chi connectivity index (χ0) is 17.3. The van der Waals surface area contributed by atoms with Gasteiger partial charge in [-0.1, -0.05) is 13.8 Å². The van der Waals surface area contributed by atoms with Gasteiger partial charge in [0.15, 0.2) is 0 Å². The molecule has 1 saturated heterocycles. The van der Waals surface area contributed by atoms with Crippen LogP contribution < -0.4 is 5.56 Å². The number of carbonyl (C=O) groups is 1. The summed E-state index contributed by atoms with van der Waals surface area (Å²) in [6.45, 7) is 6.10. The molecule has 2 aromatic rings. The van der Waals surface area contributed by atoms with Gasteiger partial charge in [0.2, 0.25) is 0 Å². The van der Waals surface area contributed by atoms with Gasteiger partial charge in [0.25, 0.3) is 5.56 Å². The van der Waals surface area contributed by atoms with Crippen LogP contribution in [0.15, 0.2) is 23.0 Å². The van der Waals surface area contributed by atoms with Crippen LogP contribution in [0.3, 0.4) is 0 Å². The van der Waals surface area contributed by atoms with Crippen molar-refractivity contribution in [2.75, 3.05) is 13.7 Å². The summed E-state index contributed by atoms with van der Waals surface area (Å²) in [5.41, 5.74) is 0.749. The van der Waals surface area contributed by atoms with Crippen LogP contribution in [0, 0.1) is 5.92 Å². The maximum atomic E-state index is 12.3. The molecule has 0 radical (unpaired) electrons. The van der Waals surface area contributed by atoms with Gasteiger partial charge in [-0.3, -0.25) is 9.69 Å². The Labute approximate surface area is 140 Å². The highest BCUT2D eigenvalue weighted by Crippen LogP contribution is 2.27. The maximum absolute atomic E-state index is 12.3. The van der Waals surface area contributed by atoms with Gasteiger partial charge in [-0.15, -0.1) is 0 Å². The number of esters is 1. The summed E-state index contributed by atoms with van der Waals surface area (Å²) < 4.78 is 4.73. The zero-order valence-electron chi connectivity index (χ0n) is 14.3. The second-order valence-electron chi connectivity index (χ2n) is 6.45. The Hall–Kier alpha value is -2.21. The van der Waals surface area contributed by atoms with Crippen molar-refractivity contribution in [1.82, 2.24) is 14.9 Å². The van der Waals surface area contributed by atoms with E-state index in [1.807, 2.05) is 0 Å². The summed E-state index contributed by atoms with van der Waals surface area (Å²) in [5, 5.41) is 0.480. The third kappa shape index (κ3) is 3.06. The van der Waals surface area contributed by atoms with E-state index in [9.17, 15) is 9.59 Å². The van der Waals surface area contributed by atoms with Crippen LogP contribution in [0.2, 0.25) is 0 Å². The summed E-state index contributed by atoms with van der Waals surface area (Å²) in [6.07, 6.45) is 2.26. The standard InChI is InChI=1S/C18H23N3O3/c1-4-15-11(2)7-8-21(15)10-16-19-14-9-12(18(23)24-3)5-6-13(14)17(22)20-16/h5-6,9,11,15H,4,7-8,10H2,1-3H3,(H,19,20,22)/t11-,15+/m0/s1. The molecule has 0 amide bonds. The van der Waals surface area contributed by atoms with Crippen LogP contribution in [0.1, 0.15) is 42.9 Å². The van der Waals surface area contributed by atoms with Gasteiger partial charge in [0, 0.05) is 6.04 Å². The second kappa shape index (κ2) is 6.73. The van der Waals surface area contributed by atoms with E-state index >= 15 is 0 Å². The third-order valence-electron chi connectivity index (χ3n) is 4.95. The molecule has 1 aliphatic rings. The van der Waals surface area contributed by atoms with Crippen molar-refractivity contribution in [3.63, 3.8) is 0 Å². The van der Waals surface area contributed by atoms with Crippen LogP contribution in [0.25, 0.3) is 10.9 Å². The van der Waals surface area contributed by atoms with Gasteiger partial charge in [-0.2, -0.15) is 0 Å². The number of carbonyl (C=O) groups excluding carboxylic acids is 1. The lowest BCUT2D eigenvalue weighted by atomic mass is 10.0. The topological polar surface area (TPSA) is 75.3 Å². The summed E-state index contributed by atoms with van der Waals surface area (Å²) >= 11 is 0. The van der Waals surface area contributed by atoms with Gasteiger partial charge >= 0.3 is 5.97 Å². The van der Waals surface area contributed by atoms with E-state index in [0.29, 0.717) is 40.8 Å². The van der Waals surface area contributed by atoms with Gasteiger partial charge < -0.3 is 9.72 Å². The van der Waals surface area contributed by atoms with Gasteiger partial charge in [-0.05, 0) is 43.5 Å². The average Bonchev–Trinajstić information content (AvgIpc) is 2.93. The number of H-pyrrole nitrogens is 1. The number of nitrogens with zero attached hydrogens (tertiary/aromatic N) is 2. The quantitative estimate of drug-likeness (QED) is 0.871. The number of benzene rings is 1. The monoisotopic (exact) mass is 329 g/mol. The first-order valence-corrected chi connectivity index (χ1v) is 8.38. The Balaban J connectivity index is 1.94. The molecule has 0 spiro atoms. The number of rotatable bonds is 4. The number of fused-ring (bicyclic) bond motifs is 1. The van der Waals surface area contributed by atoms with Crippen molar-refractivity contribution in [1.29, 1.82) is 0 Å². The minimum atomic E-state index is -0.431. The molecule has 24 heavy (non-hydrogen) atoms. The second-order valence-corrected chi connectivity index (χ2v) is 6.45. The molecule has 1 aliphatic heterocycles. The molecule has 6 nitrogen and oxygen atoms in total. The SMILES string of the molecule is CC[C@@H]1[C@@H](C)CCN1Cc1nc2cc(C(=O)OC)ccc2c(=O)[nH]1. The van der Waals surface area contributed by atoms with Crippen molar-refractivity contribution >= 4 is 16.9 Å². The van der Waals surface area contributed by atoms with Gasteiger partial charge in [-0.25, -0.2) is 9.78 Å². The van der Waals surface area contributed by atoms with Crippen LogP contribution in [-0.4, -0.2) is 40.5 Å². The van der Waals surface area contributed by atoms with Crippen LogP contribution in [0.4, 0.5) is 0 Å². The molecule has 128 valence electrons. The molecule has 6 heteroatoms. The first kappa shape index (κ1) is 16.6. The molecular weight excluding hydrogens is 306 g/mol. The van der Waals surface area contributed by atoms with Crippen LogP contribution in [-0.2, 0) is 11.3 Å². The number of aromatic amines is 1. The molecule has 0 bridgehead atoms. The molecule has 0 unspecified atom stereocenters. The highest BCUT2D eigenvalue weighted by Gasteiger charge is 2.29. The normalized spacial score (nSPS) is 21.3. The first-order chi connectivity index (χ1) is 11.5. The molecule has 3 rings (SSSR count). The molecule has 2 heterocycles. The van der Waals surface area contributed by atoms with Crippen molar-refractivity contribution in [2.24, 2.45) is 5.92 Å². The predicted molar refractivity (Wildman–Crippen MR) is 92.0 cm³/mol. The summed E-state index contributed by atoms with van der Waals surface area (Å²) in [4.78, 5) is 33.8. The van der Waals surface area contributed by atoms with Crippen molar-refractivity contribution < 1.29 is 9.53 Å². The summed E-state index contributed by atoms with van der Waals surface area (Å²) in [7, 11) is 1.34. The largest absolute Gasteiger partial charge is 0.465 e. The Morgan fingerprint density at radius 2 is 2.25 bits per heavy atom. The van der Waals surface area contributed by atoms with E-state index in [-0.39, 0.29) is 5.56 Å². The molecule has 1 N–H and O–H groups in total. The highest BCUT2D eigenvalue weighted by atomic mass is 16.5. The third-order valence-corrected chi connectivity index (χ3v) is 4.95. The van der Waals surface area contributed by atoms with Gasteiger partial charge in [0.1, 0.15) is 5.82 Å². The molecule has 0 saturated carbocycles. The molecule has 0 aliphatic carbocycles. The van der Waals surface area contributed by atoms with E-state index in [2.05, 4.69) is 28.7 Å². The number of ether oxygens (including phenoxy) is 1. The number of nitrogens with one attached hydrogen (secondary N) is 1. The molecule has 1 aromatic carbocycles. The van der Waals surface area contributed by atoms with E-state index in [1.54, 1.807) is 18.2 Å². The minimum absolute atomic E-state index is 0.174. The number of hydrogen-bond donors (Lipinski definition) is 1. The summed E-state index contributed by atoms with van der Waals surface area (Å²) in [5.74, 6) is 0.870. The zero-order valence-corrected chi connectivity index (χ0v) is 14.3. The lowest BCUT2D eigenvalue weighted by Crippen LogP contribution is -2.32. The predicted octanol–water partition coefficient (Wildman–Crippen LogP) is 2.33. The first-order valence-electron chi connectivity index (χ1n) is 8.38. The average molecular weight is 329 g/mol. The van der Waals surface area contributed by atoms with E-state index in [1.165, 1.54) is 13.5 Å². The fraction of sp³-hybridized carbons (Fsp3) is 0.500. The van der Waals surface area contributed by atoms with Crippen molar-refractivity contribution in [3.8, 4) is 0 Å². The van der Waals surface area contributed by atoms with Crippen LogP contribution in [0.5, 0.6) is 0 Å². The smallest absolute Gasteiger partial charge is 0.337 e. The Bertz CT molecular complexity index is 815. The number of methoxy groups -OCH3 is 1. The number of aromatic nitrogens is 2. The molecule has 2 atom stereocenters. The van der Waals surface area contributed by atoms with E-state index in [4.69, 9.17) is 4.74 Å². The fourth-order valence-corrected chi connectivity index (χ4v) is 3.64. The minimum Gasteiger partial charge on any atom is -0.465 e. The Morgan fingerprint density at radius 3 is 2.96 bits per heavy atom. The molecule has 1 fully saturated rings. The molecular formula is C18H23N3O3. The Kier molecular flexibility index (Phi) is 4.66. The highest BCUT2D eigenvalue weighted by molar-refractivity contribution is 5.93. The fourth-order valence-electron chi connectivity index (χ4n) is 3.64. The van der Waals surface area contributed by atoms with E-state index < -0.39 is 5.97 Å². The van der Waals surface area contributed by atoms with Gasteiger partial charge in [0.05, 0.1) is 30.1 Å². The number of hydrogen-bond acceptors (Lipinski definition) is 5. The van der Waals surface area contributed by atoms with Crippen molar-refractivity contribution in [3.05, 3.63) is 39.9 Å². The lowest BCUT2D eigenvalue weighted by molar-refractivity contribution is 0.0601.